The van der Waals surface area contributed by atoms with Gasteiger partial charge >= 0.3 is 6.18 Å². The van der Waals surface area contributed by atoms with Gasteiger partial charge in [0.2, 0.25) is 0 Å². The molecule has 1 amide bonds. The second-order valence-electron chi connectivity index (χ2n) is 2.88. The van der Waals surface area contributed by atoms with Gasteiger partial charge in [0, 0.05) is 0 Å². The highest BCUT2D eigenvalue weighted by Gasteiger charge is 2.27. The molecule has 0 aliphatic rings. The first-order valence-corrected chi connectivity index (χ1v) is 4.15. The van der Waals surface area contributed by atoms with Gasteiger partial charge in [-0.15, -0.1) is 0 Å². The number of alkyl halides is 3. The zero-order valence-electron chi connectivity index (χ0n) is 8.00. The fraction of sp³-hybridized carbons (Fsp3) is 0.375. The van der Waals surface area contributed by atoms with Crippen LogP contribution >= 0.6 is 0 Å². The quantitative estimate of drug-likeness (QED) is 0.465. The van der Waals surface area contributed by atoms with Crippen molar-refractivity contribution in [3.63, 3.8) is 0 Å². The average molecular weight is 238 g/mol. The van der Waals surface area contributed by atoms with Crippen molar-refractivity contribution in [2.24, 2.45) is 5.84 Å². The van der Waals surface area contributed by atoms with Crippen molar-refractivity contribution in [2.45, 2.75) is 12.8 Å². The molecule has 1 aromatic heterocycles. The lowest BCUT2D eigenvalue weighted by Gasteiger charge is -2.05. The summed E-state index contributed by atoms with van der Waals surface area (Å²) in [6, 6.07) is 1.25. The fourth-order valence-corrected chi connectivity index (χ4v) is 0.926. The van der Waals surface area contributed by atoms with E-state index in [1.165, 1.54) is 6.07 Å². The molecule has 0 saturated heterocycles. The zero-order valence-corrected chi connectivity index (χ0v) is 8.00. The third-order valence-electron chi connectivity index (χ3n) is 1.56. The Morgan fingerprint density at radius 3 is 2.81 bits per heavy atom. The molecular formula is C8H9F3N2O3. The summed E-state index contributed by atoms with van der Waals surface area (Å²) in [4.78, 5) is 10.9. The number of hydrogen-bond donors (Lipinski definition) is 2. The number of hydrazine groups is 1. The van der Waals surface area contributed by atoms with Crippen LogP contribution in [0.5, 0.6) is 0 Å². The third kappa shape index (κ3) is 3.91. The van der Waals surface area contributed by atoms with Gasteiger partial charge in [-0.25, -0.2) is 5.84 Å². The first kappa shape index (κ1) is 12.5. The van der Waals surface area contributed by atoms with E-state index >= 15 is 0 Å². The molecule has 90 valence electrons. The summed E-state index contributed by atoms with van der Waals surface area (Å²) >= 11 is 0. The Morgan fingerprint density at radius 1 is 1.56 bits per heavy atom. The molecule has 0 fully saturated rings. The molecular weight excluding hydrogens is 229 g/mol. The van der Waals surface area contributed by atoms with Crippen LogP contribution in [-0.4, -0.2) is 18.7 Å². The molecule has 5 nitrogen and oxygen atoms in total. The van der Waals surface area contributed by atoms with Crippen LogP contribution in [0.2, 0.25) is 0 Å². The summed E-state index contributed by atoms with van der Waals surface area (Å²) in [5, 5.41) is 0. The van der Waals surface area contributed by atoms with Crippen molar-refractivity contribution in [1.29, 1.82) is 0 Å². The minimum absolute atomic E-state index is 0.114. The first-order valence-electron chi connectivity index (χ1n) is 4.15. The molecule has 0 unspecified atom stereocenters. The van der Waals surface area contributed by atoms with E-state index in [2.05, 4.69) is 4.74 Å². The van der Waals surface area contributed by atoms with E-state index in [1.54, 1.807) is 0 Å². The van der Waals surface area contributed by atoms with E-state index in [0.717, 1.165) is 6.26 Å². The van der Waals surface area contributed by atoms with Crippen LogP contribution in [0.1, 0.15) is 16.1 Å². The number of nitrogens with one attached hydrogen (secondary N) is 1. The highest BCUT2D eigenvalue weighted by Crippen LogP contribution is 2.16. The largest absolute Gasteiger partial charge is 0.466 e. The average Bonchev–Trinajstić information content (AvgIpc) is 2.63. The molecule has 0 bridgehead atoms. The molecule has 0 saturated carbocycles. The maximum absolute atomic E-state index is 11.7. The normalized spacial score (nSPS) is 11.5. The topological polar surface area (TPSA) is 77.5 Å². The van der Waals surface area contributed by atoms with Crippen LogP contribution in [-0.2, 0) is 11.3 Å². The van der Waals surface area contributed by atoms with Crippen molar-refractivity contribution >= 4 is 5.91 Å². The summed E-state index contributed by atoms with van der Waals surface area (Å²) in [6.45, 7) is -1.73. The molecule has 16 heavy (non-hydrogen) atoms. The lowest BCUT2D eigenvalue weighted by atomic mass is 10.3. The molecule has 0 aliphatic heterocycles. The Hall–Kier alpha value is -1.54. The van der Waals surface area contributed by atoms with E-state index in [1.807, 2.05) is 5.43 Å². The molecule has 3 N–H and O–H groups in total. The standard InChI is InChI=1S/C8H9F3N2O3/c9-8(10,11)4-15-3-6-1-5(2-16-6)7(14)13-12/h1-2H,3-4,12H2,(H,13,14). The molecule has 1 rings (SSSR count). The van der Waals surface area contributed by atoms with E-state index in [-0.39, 0.29) is 17.9 Å². The lowest BCUT2D eigenvalue weighted by Crippen LogP contribution is -2.29. The van der Waals surface area contributed by atoms with E-state index in [9.17, 15) is 18.0 Å². The highest BCUT2D eigenvalue weighted by atomic mass is 19.4. The monoisotopic (exact) mass is 238 g/mol. The van der Waals surface area contributed by atoms with Gasteiger partial charge in [0.05, 0.1) is 5.56 Å². The molecule has 1 heterocycles. The predicted molar refractivity (Wildman–Crippen MR) is 46.1 cm³/mol. The predicted octanol–water partition coefficient (Wildman–Crippen LogP) is 0.962. The number of carbonyl (C=O) groups is 1. The number of rotatable bonds is 4. The molecule has 0 radical (unpaired) electrons. The first-order chi connectivity index (χ1) is 7.42. The second kappa shape index (κ2) is 4.99. The zero-order chi connectivity index (χ0) is 12.2. The Bertz CT molecular complexity index is 362. The van der Waals surface area contributed by atoms with Crippen LogP contribution < -0.4 is 11.3 Å². The Labute approximate surface area is 88.3 Å². The maximum atomic E-state index is 11.7. The minimum atomic E-state index is -4.38. The summed E-state index contributed by atoms with van der Waals surface area (Å²) in [6.07, 6.45) is -3.31. The van der Waals surface area contributed by atoms with Crippen molar-refractivity contribution in [2.75, 3.05) is 6.61 Å². The Kier molecular flexibility index (Phi) is 3.91. The lowest BCUT2D eigenvalue weighted by molar-refractivity contribution is -0.177. The summed E-state index contributed by atoms with van der Waals surface area (Å²) in [7, 11) is 0. The summed E-state index contributed by atoms with van der Waals surface area (Å²) in [5.41, 5.74) is 1.97. The molecule has 8 heteroatoms. The number of furan rings is 1. The Balaban J connectivity index is 2.44. The van der Waals surface area contributed by atoms with Gasteiger partial charge in [0.1, 0.15) is 25.2 Å². The molecule has 0 aromatic carbocycles. The number of nitrogens with two attached hydrogens (primary N) is 1. The number of amides is 1. The van der Waals surface area contributed by atoms with Crippen LogP contribution in [0.15, 0.2) is 16.7 Å². The SMILES string of the molecule is NNC(=O)c1coc(COCC(F)(F)F)c1. The van der Waals surface area contributed by atoms with Crippen molar-refractivity contribution in [3.8, 4) is 0 Å². The van der Waals surface area contributed by atoms with Crippen molar-refractivity contribution in [1.82, 2.24) is 5.43 Å². The Morgan fingerprint density at radius 2 is 2.25 bits per heavy atom. The molecule has 0 aliphatic carbocycles. The smallest absolute Gasteiger partial charge is 0.411 e. The number of hydrogen-bond acceptors (Lipinski definition) is 4. The number of nitrogen functional groups attached to an aromatic ring is 1. The van der Waals surface area contributed by atoms with Gasteiger partial charge in [-0.05, 0) is 6.07 Å². The number of halogens is 3. The van der Waals surface area contributed by atoms with Crippen molar-refractivity contribution in [3.05, 3.63) is 23.7 Å². The summed E-state index contributed by atoms with van der Waals surface area (Å²) < 4.78 is 44.3. The molecule has 0 spiro atoms. The van der Waals surface area contributed by atoms with E-state index in [0.29, 0.717) is 0 Å². The van der Waals surface area contributed by atoms with Gasteiger partial charge in [0.15, 0.2) is 0 Å². The maximum Gasteiger partial charge on any atom is 0.411 e. The number of ether oxygens (including phenoxy) is 1. The fourth-order valence-electron chi connectivity index (χ4n) is 0.926. The molecule has 1 aromatic rings. The van der Waals surface area contributed by atoms with Gasteiger partial charge in [-0.3, -0.25) is 10.2 Å². The van der Waals surface area contributed by atoms with E-state index in [4.69, 9.17) is 10.3 Å². The number of carbonyl (C=O) groups excluding carboxylic acids is 1. The van der Waals surface area contributed by atoms with Gasteiger partial charge in [-0.2, -0.15) is 13.2 Å². The van der Waals surface area contributed by atoms with Crippen LogP contribution in [0.3, 0.4) is 0 Å². The summed E-state index contributed by atoms with van der Waals surface area (Å²) in [5.74, 6) is 4.37. The van der Waals surface area contributed by atoms with Crippen molar-refractivity contribution < 1.29 is 27.1 Å². The van der Waals surface area contributed by atoms with Crippen LogP contribution in [0, 0.1) is 0 Å². The van der Waals surface area contributed by atoms with Crippen LogP contribution in [0.4, 0.5) is 13.2 Å². The van der Waals surface area contributed by atoms with Gasteiger partial charge in [0.25, 0.3) is 5.91 Å². The molecule has 0 atom stereocenters. The third-order valence-corrected chi connectivity index (χ3v) is 1.56. The second-order valence-corrected chi connectivity index (χ2v) is 2.88. The van der Waals surface area contributed by atoms with Gasteiger partial charge < -0.3 is 9.15 Å². The van der Waals surface area contributed by atoms with Crippen LogP contribution in [0.25, 0.3) is 0 Å². The minimum Gasteiger partial charge on any atom is -0.466 e. The highest BCUT2D eigenvalue weighted by molar-refractivity contribution is 5.93. The van der Waals surface area contributed by atoms with E-state index < -0.39 is 18.7 Å². The van der Waals surface area contributed by atoms with Gasteiger partial charge in [-0.1, -0.05) is 0 Å².